The lowest BCUT2D eigenvalue weighted by atomic mass is 10.0. The van der Waals surface area contributed by atoms with E-state index in [1.165, 1.54) is 24.3 Å². The van der Waals surface area contributed by atoms with Crippen molar-refractivity contribution in [2.45, 2.75) is 37.1 Å². The maximum atomic E-state index is 13.8. The number of carboxylic acid groups (broad SMARTS) is 1. The standard InChI is InChI=1S/C24H21Cl2N3O6S/c1-2-3-4-21(23(30)31)29(36(33,34)20-12-17(25)11-18(26)13-20)19-8-7-14-9-16(6-5-15(14)10-19)22-27-24(32)35-28-22/h5-13,21H,2-4H2,1H3,(H,30,31)(H,27,28,32). The summed E-state index contributed by atoms with van der Waals surface area (Å²) in [5.41, 5.74) is 0.759. The quantitative estimate of drug-likeness (QED) is 0.288. The van der Waals surface area contributed by atoms with E-state index in [-0.39, 0.29) is 32.9 Å². The maximum absolute atomic E-state index is 13.8. The molecule has 9 nitrogen and oxygen atoms in total. The minimum Gasteiger partial charge on any atom is -0.480 e. The number of fused-ring (bicyclic) bond motifs is 1. The van der Waals surface area contributed by atoms with Crippen molar-refractivity contribution >= 4 is 55.7 Å². The van der Waals surface area contributed by atoms with Crippen LogP contribution in [0.4, 0.5) is 5.69 Å². The van der Waals surface area contributed by atoms with Gasteiger partial charge >= 0.3 is 11.7 Å². The largest absolute Gasteiger partial charge is 0.480 e. The molecule has 0 radical (unpaired) electrons. The molecule has 0 aliphatic rings. The normalized spacial score (nSPS) is 12.5. The van der Waals surface area contributed by atoms with Crippen molar-refractivity contribution in [2.75, 3.05) is 4.31 Å². The minimum atomic E-state index is -4.37. The fraction of sp³-hybridized carbons (Fsp3) is 0.208. The number of benzene rings is 3. The summed E-state index contributed by atoms with van der Waals surface area (Å²) in [6.45, 7) is 1.89. The average molecular weight is 550 g/mol. The number of hydrogen-bond donors (Lipinski definition) is 2. The van der Waals surface area contributed by atoms with Crippen LogP contribution in [0, 0.1) is 0 Å². The third-order valence-electron chi connectivity index (χ3n) is 5.58. The number of nitrogens with zero attached hydrogens (tertiary/aromatic N) is 2. The Balaban J connectivity index is 1.86. The molecule has 4 aromatic rings. The molecule has 1 atom stereocenters. The molecule has 1 aromatic heterocycles. The molecule has 1 heterocycles. The number of hydrogen-bond acceptors (Lipinski definition) is 6. The molecular weight excluding hydrogens is 529 g/mol. The number of halogens is 2. The van der Waals surface area contributed by atoms with Gasteiger partial charge in [-0.3, -0.25) is 13.8 Å². The summed E-state index contributed by atoms with van der Waals surface area (Å²) in [6.07, 6.45) is 1.30. The second kappa shape index (κ2) is 10.3. The lowest BCUT2D eigenvalue weighted by Gasteiger charge is -2.30. The van der Waals surface area contributed by atoms with E-state index in [0.717, 1.165) is 4.31 Å². The predicted molar refractivity (Wildman–Crippen MR) is 137 cm³/mol. The van der Waals surface area contributed by atoms with Crippen molar-refractivity contribution in [3.63, 3.8) is 0 Å². The first-order valence-electron chi connectivity index (χ1n) is 10.9. The molecule has 1 unspecified atom stereocenters. The zero-order chi connectivity index (χ0) is 26.0. The van der Waals surface area contributed by atoms with Gasteiger partial charge in [0.2, 0.25) is 0 Å². The number of unbranched alkanes of at least 4 members (excludes halogenated alkanes) is 1. The Morgan fingerprint density at radius 3 is 2.36 bits per heavy atom. The zero-order valence-corrected chi connectivity index (χ0v) is 21.3. The third-order valence-corrected chi connectivity index (χ3v) is 7.84. The van der Waals surface area contributed by atoms with E-state index in [4.69, 9.17) is 23.2 Å². The van der Waals surface area contributed by atoms with Gasteiger partial charge in [-0.1, -0.05) is 66.3 Å². The molecule has 0 bridgehead atoms. The van der Waals surface area contributed by atoms with E-state index in [0.29, 0.717) is 29.2 Å². The number of carbonyl (C=O) groups is 1. The van der Waals surface area contributed by atoms with Crippen molar-refractivity contribution in [1.82, 2.24) is 10.1 Å². The third kappa shape index (κ3) is 5.25. The Labute approximate surface area is 216 Å². The second-order valence-electron chi connectivity index (χ2n) is 8.09. The van der Waals surface area contributed by atoms with Gasteiger partial charge < -0.3 is 5.11 Å². The highest BCUT2D eigenvalue weighted by molar-refractivity contribution is 7.93. The summed E-state index contributed by atoms with van der Waals surface area (Å²) in [6, 6.07) is 12.4. The van der Waals surface area contributed by atoms with Crippen molar-refractivity contribution in [1.29, 1.82) is 0 Å². The van der Waals surface area contributed by atoms with Gasteiger partial charge in [-0.2, -0.15) is 0 Å². The molecule has 3 aromatic carbocycles. The van der Waals surface area contributed by atoms with Crippen LogP contribution >= 0.6 is 23.2 Å². The molecule has 188 valence electrons. The fourth-order valence-electron chi connectivity index (χ4n) is 3.89. The Morgan fingerprint density at radius 1 is 1.08 bits per heavy atom. The number of rotatable bonds is 9. The summed E-state index contributed by atoms with van der Waals surface area (Å²) in [7, 11) is -4.37. The van der Waals surface area contributed by atoms with Crippen LogP contribution in [-0.2, 0) is 14.8 Å². The number of H-pyrrole nitrogens is 1. The molecule has 0 saturated heterocycles. The van der Waals surface area contributed by atoms with Crippen LogP contribution in [-0.4, -0.2) is 35.7 Å². The topological polar surface area (TPSA) is 134 Å². The molecule has 36 heavy (non-hydrogen) atoms. The van der Waals surface area contributed by atoms with E-state index in [9.17, 15) is 23.1 Å². The highest BCUT2D eigenvalue weighted by Gasteiger charge is 2.36. The highest BCUT2D eigenvalue weighted by atomic mass is 35.5. The smallest absolute Gasteiger partial charge is 0.439 e. The number of nitrogens with one attached hydrogen (secondary N) is 1. The first-order valence-corrected chi connectivity index (χ1v) is 13.1. The van der Waals surface area contributed by atoms with E-state index in [2.05, 4.69) is 14.7 Å². The monoisotopic (exact) mass is 549 g/mol. The summed E-state index contributed by atoms with van der Waals surface area (Å²) in [4.78, 5) is 25.8. The number of sulfonamides is 1. The highest BCUT2D eigenvalue weighted by Crippen LogP contribution is 2.34. The molecule has 0 fully saturated rings. The van der Waals surface area contributed by atoms with Crippen LogP contribution in [0.5, 0.6) is 0 Å². The van der Waals surface area contributed by atoms with E-state index >= 15 is 0 Å². The van der Waals surface area contributed by atoms with E-state index < -0.39 is 27.8 Å². The zero-order valence-electron chi connectivity index (χ0n) is 18.9. The average Bonchev–Trinajstić information content (AvgIpc) is 3.26. The van der Waals surface area contributed by atoms with Crippen LogP contribution in [0.25, 0.3) is 22.2 Å². The van der Waals surface area contributed by atoms with Crippen molar-refractivity contribution in [3.8, 4) is 11.4 Å². The summed E-state index contributed by atoms with van der Waals surface area (Å²) >= 11 is 12.1. The molecule has 12 heteroatoms. The van der Waals surface area contributed by atoms with Crippen LogP contribution < -0.4 is 10.1 Å². The Hall–Kier alpha value is -3.34. The number of anilines is 1. The van der Waals surface area contributed by atoms with E-state index in [1.54, 1.807) is 30.3 Å². The molecule has 0 aliphatic heterocycles. The maximum Gasteiger partial charge on any atom is 0.439 e. The summed E-state index contributed by atoms with van der Waals surface area (Å²) in [5.74, 6) is -1.71. The lowest BCUT2D eigenvalue weighted by molar-refractivity contribution is -0.138. The molecule has 2 N–H and O–H groups in total. The first kappa shape index (κ1) is 25.7. The van der Waals surface area contributed by atoms with Crippen LogP contribution in [0.1, 0.15) is 26.2 Å². The molecule has 0 spiro atoms. The van der Waals surface area contributed by atoms with Crippen LogP contribution in [0.15, 0.2) is 68.8 Å². The molecule has 0 amide bonds. The summed E-state index contributed by atoms with van der Waals surface area (Å²) in [5, 5.41) is 15.3. The Kier molecular flexibility index (Phi) is 7.39. The predicted octanol–water partition coefficient (Wildman–Crippen LogP) is 5.33. The SMILES string of the molecule is CCCCC(C(=O)O)N(c1ccc2cc(-c3noc(=O)[nH]3)ccc2c1)S(=O)(=O)c1cc(Cl)cc(Cl)c1. The van der Waals surface area contributed by atoms with Crippen LogP contribution in [0.3, 0.4) is 0 Å². The molecule has 0 aliphatic carbocycles. The number of carboxylic acids is 1. The van der Waals surface area contributed by atoms with Gasteiger partial charge in [0.05, 0.1) is 10.6 Å². The minimum absolute atomic E-state index is 0.107. The van der Waals surface area contributed by atoms with Gasteiger partial charge in [-0.05, 0) is 53.6 Å². The van der Waals surface area contributed by atoms with Crippen molar-refractivity contribution in [2.24, 2.45) is 0 Å². The van der Waals surface area contributed by atoms with Gasteiger partial charge in [0.25, 0.3) is 10.0 Å². The van der Waals surface area contributed by atoms with E-state index in [1.807, 2.05) is 6.92 Å². The van der Waals surface area contributed by atoms with Crippen molar-refractivity contribution < 1.29 is 22.8 Å². The van der Waals surface area contributed by atoms with Crippen molar-refractivity contribution in [3.05, 3.63) is 75.2 Å². The Bertz CT molecular complexity index is 1580. The fourth-order valence-corrected chi connectivity index (χ4v) is 6.24. The molecular formula is C24H21Cl2N3O6S. The Morgan fingerprint density at radius 2 is 1.75 bits per heavy atom. The lowest BCUT2D eigenvalue weighted by Crippen LogP contribution is -2.45. The number of aliphatic carboxylic acids is 1. The van der Waals surface area contributed by atoms with Gasteiger partial charge in [0.1, 0.15) is 6.04 Å². The van der Waals surface area contributed by atoms with Gasteiger partial charge in [-0.25, -0.2) is 18.0 Å². The van der Waals surface area contributed by atoms with Crippen LogP contribution in [0.2, 0.25) is 10.0 Å². The number of aromatic amines is 1. The molecule has 4 rings (SSSR count). The summed E-state index contributed by atoms with van der Waals surface area (Å²) < 4.78 is 33.1. The van der Waals surface area contributed by atoms with Gasteiger partial charge in [0.15, 0.2) is 5.82 Å². The van der Waals surface area contributed by atoms with Gasteiger partial charge in [-0.15, -0.1) is 0 Å². The second-order valence-corrected chi connectivity index (χ2v) is 10.8. The van der Waals surface area contributed by atoms with Gasteiger partial charge in [0, 0.05) is 15.6 Å². The first-order chi connectivity index (χ1) is 17.1. The molecule has 0 saturated carbocycles. The number of aromatic nitrogens is 2.